The van der Waals surface area contributed by atoms with Crippen LogP contribution in [0.25, 0.3) is 0 Å². The highest BCUT2D eigenvalue weighted by Gasteiger charge is 2.15. The first kappa shape index (κ1) is 17.7. The van der Waals surface area contributed by atoms with Crippen LogP contribution in [0.4, 0.5) is 0 Å². The van der Waals surface area contributed by atoms with Crippen molar-refractivity contribution in [2.24, 2.45) is 0 Å². The highest BCUT2D eigenvalue weighted by molar-refractivity contribution is 9.10. The molecule has 5 heteroatoms. The molecule has 1 N–H and O–H groups in total. The maximum absolute atomic E-state index is 11.4. The normalized spacial score (nSPS) is 13.4. The van der Waals surface area contributed by atoms with Gasteiger partial charge < -0.3 is 5.32 Å². The molecule has 0 bridgehead atoms. The number of benzene rings is 1. The summed E-state index contributed by atoms with van der Waals surface area (Å²) in [6, 6.07) is 4.36. The summed E-state index contributed by atoms with van der Waals surface area (Å²) in [7, 11) is -2.93. The van der Waals surface area contributed by atoms with Crippen LogP contribution in [-0.2, 0) is 9.84 Å². The number of aryl methyl sites for hydroxylation is 2. The van der Waals surface area contributed by atoms with E-state index < -0.39 is 9.84 Å². The number of nitrogens with one attached hydrogen (secondary N) is 1. The van der Waals surface area contributed by atoms with E-state index in [2.05, 4.69) is 54.2 Å². The summed E-state index contributed by atoms with van der Waals surface area (Å²) >= 11 is 3.57. The first-order chi connectivity index (χ1) is 9.24. The minimum atomic E-state index is -2.93. The summed E-state index contributed by atoms with van der Waals surface area (Å²) in [5, 5.41) is 3.45. The lowest BCUT2D eigenvalue weighted by atomic mass is 9.99. The molecule has 1 atom stereocenters. The van der Waals surface area contributed by atoms with Crippen molar-refractivity contribution in [3.05, 3.63) is 33.3 Å². The van der Waals surface area contributed by atoms with Crippen LogP contribution in [0, 0.1) is 13.8 Å². The monoisotopic (exact) mass is 361 g/mol. The maximum atomic E-state index is 11.4. The van der Waals surface area contributed by atoms with Crippen molar-refractivity contribution < 1.29 is 8.42 Å². The standard InChI is InChI=1S/C15H24BrNO2S/c1-5-7-17-14(6-8-20(4,18)19)13-9-11(2)15(16)12(3)10-13/h9-10,14,17H,5-8H2,1-4H3. The highest BCUT2D eigenvalue weighted by atomic mass is 79.9. The predicted octanol–water partition coefficient (Wildman–Crippen LogP) is 3.54. The number of hydrogen-bond acceptors (Lipinski definition) is 3. The second-order valence-electron chi connectivity index (χ2n) is 5.39. The first-order valence-corrected chi connectivity index (χ1v) is 9.77. The Kier molecular flexibility index (Phi) is 6.69. The molecule has 1 aromatic carbocycles. The van der Waals surface area contributed by atoms with E-state index in [9.17, 15) is 8.42 Å². The van der Waals surface area contributed by atoms with E-state index >= 15 is 0 Å². The van der Waals surface area contributed by atoms with Crippen molar-refractivity contribution in [3.63, 3.8) is 0 Å². The molecular formula is C15H24BrNO2S. The van der Waals surface area contributed by atoms with Crippen molar-refractivity contribution in [3.8, 4) is 0 Å². The third-order valence-electron chi connectivity index (χ3n) is 3.28. The van der Waals surface area contributed by atoms with Gasteiger partial charge >= 0.3 is 0 Å². The Morgan fingerprint density at radius 3 is 2.25 bits per heavy atom. The van der Waals surface area contributed by atoms with Gasteiger partial charge in [0, 0.05) is 16.8 Å². The van der Waals surface area contributed by atoms with Crippen LogP contribution in [0.1, 0.15) is 42.5 Å². The van der Waals surface area contributed by atoms with Crippen molar-refractivity contribution in [1.29, 1.82) is 0 Å². The predicted molar refractivity (Wildman–Crippen MR) is 89.0 cm³/mol. The van der Waals surface area contributed by atoms with Gasteiger partial charge in [-0.2, -0.15) is 0 Å². The molecule has 1 rings (SSSR count). The van der Waals surface area contributed by atoms with E-state index in [1.54, 1.807) is 0 Å². The Balaban J connectivity index is 2.97. The molecular weight excluding hydrogens is 338 g/mol. The van der Waals surface area contributed by atoms with Crippen LogP contribution in [-0.4, -0.2) is 27.0 Å². The Hall–Kier alpha value is -0.390. The van der Waals surface area contributed by atoms with Crippen LogP contribution < -0.4 is 5.32 Å². The van der Waals surface area contributed by atoms with E-state index in [4.69, 9.17) is 0 Å². The molecule has 0 radical (unpaired) electrons. The molecule has 20 heavy (non-hydrogen) atoms. The van der Waals surface area contributed by atoms with Crippen LogP contribution >= 0.6 is 15.9 Å². The average Bonchev–Trinajstić information content (AvgIpc) is 2.34. The first-order valence-electron chi connectivity index (χ1n) is 6.92. The Morgan fingerprint density at radius 2 is 1.80 bits per heavy atom. The zero-order chi connectivity index (χ0) is 15.3. The molecule has 0 saturated carbocycles. The average molecular weight is 362 g/mol. The van der Waals surface area contributed by atoms with Gasteiger partial charge in [-0.05, 0) is 49.9 Å². The lowest BCUT2D eigenvalue weighted by Gasteiger charge is -2.20. The van der Waals surface area contributed by atoms with E-state index in [1.807, 2.05) is 0 Å². The fourth-order valence-electron chi connectivity index (χ4n) is 2.22. The summed E-state index contributed by atoms with van der Waals surface area (Å²) in [4.78, 5) is 0. The second-order valence-corrected chi connectivity index (χ2v) is 8.45. The molecule has 0 spiro atoms. The molecule has 0 aliphatic heterocycles. The fourth-order valence-corrected chi connectivity index (χ4v) is 3.11. The summed E-state index contributed by atoms with van der Waals surface area (Å²) in [6.07, 6.45) is 2.94. The fraction of sp³-hybridized carbons (Fsp3) is 0.600. The van der Waals surface area contributed by atoms with Gasteiger partial charge in [-0.25, -0.2) is 8.42 Å². The van der Waals surface area contributed by atoms with Crippen molar-refractivity contribution in [1.82, 2.24) is 5.32 Å². The van der Waals surface area contributed by atoms with Crippen LogP contribution in [0.5, 0.6) is 0 Å². The summed E-state index contributed by atoms with van der Waals surface area (Å²) < 4.78 is 23.9. The third kappa shape index (κ3) is 5.54. The molecule has 0 heterocycles. The van der Waals surface area contributed by atoms with Gasteiger partial charge in [0.25, 0.3) is 0 Å². The van der Waals surface area contributed by atoms with E-state index in [0.717, 1.165) is 17.4 Å². The van der Waals surface area contributed by atoms with Gasteiger partial charge in [0.1, 0.15) is 9.84 Å². The van der Waals surface area contributed by atoms with Gasteiger partial charge in [0.15, 0.2) is 0 Å². The molecule has 1 unspecified atom stereocenters. The maximum Gasteiger partial charge on any atom is 0.147 e. The zero-order valence-electron chi connectivity index (χ0n) is 12.7. The number of rotatable bonds is 7. The number of hydrogen-bond donors (Lipinski definition) is 1. The lowest BCUT2D eigenvalue weighted by Crippen LogP contribution is -2.24. The molecule has 114 valence electrons. The molecule has 0 aromatic heterocycles. The lowest BCUT2D eigenvalue weighted by molar-refractivity contribution is 0.513. The minimum Gasteiger partial charge on any atom is -0.310 e. The van der Waals surface area contributed by atoms with Crippen LogP contribution in [0.15, 0.2) is 16.6 Å². The summed E-state index contributed by atoms with van der Waals surface area (Å²) in [6.45, 7) is 7.13. The van der Waals surface area contributed by atoms with Gasteiger partial charge in [-0.15, -0.1) is 0 Å². The Labute approximate surface area is 131 Å². The number of halogens is 1. The van der Waals surface area contributed by atoms with Gasteiger partial charge in [0.2, 0.25) is 0 Å². The van der Waals surface area contributed by atoms with E-state index in [0.29, 0.717) is 6.42 Å². The highest BCUT2D eigenvalue weighted by Crippen LogP contribution is 2.27. The minimum absolute atomic E-state index is 0.0928. The quantitative estimate of drug-likeness (QED) is 0.807. The van der Waals surface area contributed by atoms with Gasteiger partial charge in [0.05, 0.1) is 5.75 Å². The zero-order valence-corrected chi connectivity index (χ0v) is 15.1. The summed E-state index contributed by atoms with van der Waals surface area (Å²) in [5.74, 6) is 0.211. The molecule has 0 aliphatic rings. The second kappa shape index (κ2) is 7.57. The van der Waals surface area contributed by atoms with E-state index in [-0.39, 0.29) is 11.8 Å². The smallest absolute Gasteiger partial charge is 0.147 e. The molecule has 1 aromatic rings. The van der Waals surface area contributed by atoms with E-state index in [1.165, 1.54) is 22.9 Å². The van der Waals surface area contributed by atoms with Crippen molar-refractivity contribution in [2.75, 3.05) is 18.6 Å². The molecule has 0 fully saturated rings. The SMILES string of the molecule is CCCNC(CCS(C)(=O)=O)c1cc(C)c(Br)c(C)c1. The van der Waals surface area contributed by atoms with Gasteiger partial charge in [-0.1, -0.05) is 35.0 Å². The summed E-state index contributed by atoms with van der Waals surface area (Å²) in [5.41, 5.74) is 3.53. The Morgan fingerprint density at radius 1 is 1.25 bits per heavy atom. The largest absolute Gasteiger partial charge is 0.310 e. The topological polar surface area (TPSA) is 46.2 Å². The Bertz CT molecular complexity index is 532. The van der Waals surface area contributed by atoms with Gasteiger partial charge in [-0.3, -0.25) is 0 Å². The molecule has 0 aliphatic carbocycles. The van der Waals surface area contributed by atoms with Crippen LogP contribution in [0.2, 0.25) is 0 Å². The van der Waals surface area contributed by atoms with Crippen LogP contribution in [0.3, 0.4) is 0 Å². The molecule has 3 nitrogen and oxygen atoms in total. The van der Waals surface area contributed by atoms with Crippen molar-refractivity contribution >= 4 is 25.8 Å². The molecule has 0 amide bonds. The number of sulfone groups is 1. The third-order valence-corrected chi connectivity index (χ3v) is 5.51. The van der Waals surface area contributed by atoms with Crippen molar-refractivity contribution in [2.45, 2.75) is 39.7 Å². The molecule has 0 saturated heterocycles.